The van der Waals surface area contributed by atoms with Crippen LogP contribution in [-0.2, 0) is 0 Å². The Bertz CT molecular complexity index is 3170. The molecule has 54 heavy (non-hydrogen) atoms. The molecule has 0 saturated carbocycles. The number of benzene rings is 7. The fourth-order valence-corrected chi connectivity index (χ4v) is 8.80. The van der Waals surface area contributed by atoms with Crippen LogP contribution in [0.15, 0.2) is 174 Å². The highest BCUT2D eigenvalue weighted by Gasteiger charge is 2.20. The SMILES string of the molecule is c1ccc(-c2nc(-c3ccccc3)nc(-c3cccc(-c4nc5cc(-c6cccc7c6sc6ccccc67)ccc5c5oc6ccccc6c45)c3)n2)cc1. The largest absolute Gasteiger partial charge is 0.455 e. The van der Waals surface area contributed by atoms with E-state index in [9.17, 15) is 0 Å². The Balaban J connectivity index is 1.12. The maximum Gasteiger partial charge on any atom is 0.164 e. The van der Waals surface area contributed by atoms with E-state index in [1.54, 1.807) is 0 Å². The van der Waals surface area contributed by atoms with E-state index >= 15 is 0 Å². The Morgan fingerprint density at radius 3 is 1.80 bits per heavy atom. The van der Waals surface area contributed by atoms with E-state index in [-0.39, 0.29) is 0 Å². The fraction of sp³-hybridized carbons (Fsp3) is 0. The summed E-state index contributed by atoms with van der Waals surface area (Å²) in [6.45, 7) is 0. The molecule has 4 aromatic heterocycles. The zero-order valence-electron chi connectivity index (χ0n) is 28.8. The van der Waals surface area contributed by atoms with Gasteiger partial charge in [-0.2, -0.15) is 0 Å². The molecule has 252 valence electrons. The van der Waals surface area contributed by atoms with Gasteiger partial charge in [-0.1, -0.05) is 140 Å². The number of thiophene rings is 1. The van der Waals surface area contributed by atoms with E-state index in [4.69, 9.17) is 24.4 Å². The first-order chi connectivity index (χ1) is 26.7. The van der Waals surface area contributed by atoms with Crippen LogP contribution in [0.4, 0.5) is 0 Å². The number of furan rings is 1. The topological polar surface area (TPSA) is 64.7 Å². The first-order valence-electron chi connectivity index (χ1n) is 17.9. The molecule has 0 amide bonds. The Morgan fingerprint density at radius 2 is 1.02 bits per heavy atom. The summed E-state index contributed by atoms with van der Waals surface area (Å²) in [7, 11) is 0. The van der Waals surface area contributed by atoms with Crippen molar-refractivity contribution in [1.29, 1.82) is 0 Å². The van der Waals surface area contributed by atoms with Gasteiger partial charge >= 0.3 is 0 Å². The van der Waals surface area contributed by atoms with Crippen LogP contribution in [0, 0.1) is 0 Å². The lowest BCUT2D eigenvalue weighted by Crippen LogP contribution is -2.00. The van der Waals surface area contributed by atoms with Crippen molar-refractivity contribution in [2.75, 3.05) is 0 Å². The summed E-state index contributed by atoms with van der Waals surface area (Å²) >= 11 is 1.84. The van der Waals surface area contributed by atoms with Gasteiger partial charge in [-0.05, 0) is 41.5 Å². The van der Waals surface area contributed by atoms with Gasteiger partial charge < -0.3 is 4.42 Å². The van der Waals surface area contributed by atoms with E-state index in [1.807, 2.05) is 84.1 Å². The molecule has 5 nitrogen and oxygen atoms in total. The maximum absolute atomic E-state index is 6.66. The molecule has 11 aromatic rings. The minimum Gasteiger partial charge on any atom is -0.455 e. The van der Waals surface area contributed by atoms with Crippen LogP contribution in [0.1, 0.15) is 0 Å². The van der Waals surface area contributed by atoms with Gasteiger partial charge in [0, 0.05) is 53.2 Å². The van der Waals surface area contributed by atoms with Crippen molar-refractivity contribution in [2.45, 2.75) is 0 Å². The van der Waals surface area contributed by atoms with Crippen LogP contribution in [0.2, 0.25) is 0 Å². The smallest absolute Gasteiger partial charge is 0.164 e. The molecule has 0 unspecified atom stereocenters. The molecular formula is C48H28N4OS. The van der Waals surface area contributed by atoms with Crippen molar-refractivity contribution in [3.8, 4) is 56.5 Å². The molecule has 4 heterocycles. The van der Waals surface area contributed by atoms with Crippen molar-refractivity contribution < 1.29 is 4.42 Å². The van der Waals surface area contributed by atoms with Crippen LogP contribution in [0.25, 0.3) is 110 Å². The van der Waals surface area contributed by atoms with Crippen LogP contribution in [0.5, 0.6) is 0 Å². The van der Waals surface area contributed by atoms with Crippen molar-refractivity contribution in [3.05, 3.63) is 170 Å². The number of rotatable bonds is 5. The van der Waals surface area contributed by atoms with Crippen LogP contribution in [-0.4, -0.2) is 19.9 Å². The molecule has 7 aromatic carbocycles. The lowest BCUT2D eigenvalue weighted by atomic mass is 9.98. The Morgan fingerprint density at radius 1 is 0.407 bits per heavy atom. The van der Waals surface area contributed by atoms with E-state index in [2.05, 4.69) is 97.1 Å². The third kappa shape index (κ3) is 4.99. The Hall–Kier alpha value is -7.02. The Kier molecular flexibility index (Phi) is 6.97. The highest BCUT2D eigenvalue weighted by molar-refractivity contribution is 7.26. The van der Waals surface area contributed by atoms with Gasteiger partial charge in [0.1, 0.15) is 11.2 Å². The normalized spacial score (nSPS) is 11.7. The molecule has 0 aliphatic carbocycles. The lowest BCUT2D eigenvalue weighted by molar-refractivity contribution is 0.672. The zero-order valence-corrected chi connectivity index (χ0v) is 29.6. The molecule has 0 N–H and O–H groups in total. The summed E-state index contributed by atoms with van der Waals surface area (Å²) in [6, 6.07) is 58.5. The summed E-state index contributed by atoms with van der Waals surface area (Å²) in [4.78, 5) is 20.4. The summed E-state index contributed by atoms with van der Waals surface area (Å²) in [5, 5.41) is 5.55. The molecule has 0 atom stereocenters. The van der Waals surface area contributed by atoms with E-state index in [0.29, 0.717) is 17.5 Å². The molecule has 0 saturated heterocycles. The standard InChI is InChI=1S/C48H28N4OS/c1-3-13-29(14-4-1)46-50-47(30-15-5-2-6-16-30)52-48(51-46)33-18-11-17-32(27-33)43-42-38-20-7-9-23-40(38)53-44(42)37-26-25-31(28-39(37)49-43)34-21-12-22-36-35-19-8-10-24-41(35)54-45(34)36/h1-28H. The van der Waals surface area contributed by atoms with Gasteiger partial charge in [0.2, 0.25) is 0 Å². The second-order valence-electron chi connectivity index (χ2n) is 13.4. The van der Waals surface area contributed by atoms with Gasteiger partial charge in [-0.3, -0.25) is 0 Å². The molecule has 0 spiro atoms. The van der Waals surface area contributed by atoms with Crippen LogP contribution in [0.3, 0.4) is 0 Å². The Labute approximate surface area is 313 Å². The van der Waals surface area contributed by atoms with Crippen LogP contribution >= 0.6 is 11.3 Å². The molecule has 0 aliphatic heterocycles. The van der Waals surface area contributed by atoms with Crippen molar-refractivity contribution >= 4 is 64.4 Å². The van der Waals surface area contributed by atoms with E-state index in [1.165, 1.54) is 25.7 Å². The molecular weight excluding hydrogens is 681 g/mol. The molecule has 0 fully saturated rings. The first kappa shape index (κ1) is 30.6. The lowest BCUT2D eigenvalue weighted by Gasteiger charge is -2.11. The number of hydrogen-bond acceptors (Lipinski definition) is 6. The summed E-state index contributed by atoms with van der Waals surface area (Å²) in [5.74, 6) is 1.84. The highest BCUT2D eigenvalue weighted by atomic mass is 32.1. The average Bonchev–Trinajstić information content (AvgIpc) is 3.83. The monoisotopic (exact) mass is 708 g/mol. The number of hydrogen-bond donors (Lipinski definition) is 0. The summed E-state index contributed by atoms with van der Waals surface area (Å²) in [5.41, 5.74) is 9.37. The summed E-state index contributed by atoms with van der Waals surface area (Å²) < 4.78 is 9.22. The van der Waals surface area contributed by atoms with E-state index < -0.39 is 0 Å². The van der Waals surface area contributed by atoms with Crippen molar-refractivity contribution in [1.82, 2.24) is 19.9 Å². The average molecular weight is 709 g/mol. The third-order valence-corrected chi connectivity index (χ3v) is 11.3. The molecule has 0 bridgehead atoms. The van der Waals surface area contributed by atoms with Gasteiger partial charge in [0.05, 0.1) is 16.6 Å². The molecule has 11 rings (SSSR count). The van der Waals surface area contributed by atoms with Gasteiger partial charge in [0.15, 0.2) is 17.5 Å². The minimum absolute atomic E-state index is 0.595. The second-order valence-corrected chi connectivity index (χ2v) is 14.4. The van der Waals surface area contributed by atoms with Gasteiger partial charge in [0.25, 0.3) is 0 Å². The quantitative estimate of drug-likeness (QED) is 0.178. The number of para-hydroxylation sites is 1. The van der Waals surface area contributed by atoms with Crippen LogP contribution < -0.4 is 0 Å². The number of pyridine rings is 1. The maximum atomic E-state index is 6.66. The molecule has 0 aliphatic rings. The predicted molar refractivity (Wildman–Crippen MR) is 222 cm³/mol. The van der Waals surface area contributed by atoms with Crippen molar-refractivity contribution in [3.63, 3.8) is 0 Å². The fourth-order valence-electron chi connectivity index (χ4n) is 7.56. The van der Waals surface area contributed by atoms with Gasteiger partial charge in [-0.15, -0.1) is 11.3 Å². The number of fused-ring (bicyclic) bond motifs is 8. The van der Waals surface area contributed by atoms with Crippen molar-refractivity contribution in [2.24, 2.45) is 0 Å². The van der Waals surface area contributed by atoms with Gasteiger partial charge in [-0.25, -0.2) is 19.9 Å². The number of aromatic nitrogens is 4. The predicted octanol–water partition coefficient (Wildman–Crippen LogP) is 13.0. The molecule has 0 radical (unpaired) electrons. The molecule has 6 heteroatoms. The first-order valence-corrected chi connectivity index (χ1v) is 18.7. The second kappa shape index (κ2) is 12.3. The minimum atomic E-state index is 0.595. The highest BCUT2D eigenvalue weighted by Crippen LogP contribution is 2.43. The van der Waals surface area contributed by atoms with E-state index in [0.717, 1.165) is 66.4 Å². The number of nitrogens with zero attached hydrogens (tertiary/aromatic N) is 4. The summed E-state index contributed by atoms with van der Waals surface area (Å²) in [6.07, 6.45) is 0. The third-order valence-electron chi connectivity index (χ3n) is 10.1. The zero-order chi connectivity index (χ0) is 35.6.